The maximum atomic E-state index is 17.4. The Kier molecular flexibility index (Phi) is 7.89. The van der Waals surface area contributed by atoms with Gasteiger partial charge >= 0.3 is 0 Å². The molecule has 5 heterocycles. The van der Waals surface area contributed by atoms with Crippen molar-refractivity contribution in [2.75, 3.05) is 38.1 Å². The summed E-state index contributed by atoms with van der Waals surface area (Å²) in [5, 5.41) is 27.6. The minimum absolute atomic E-state index is 0.0302. The molecule has 2 aromatic carbocycles. The average molecular weight is 667 g/mol. The number of likely N-dealkylation sites (tertiary alicyclic amines) is 1. The molecule has 3 aromatic heterocycles. The van der Waals surface area contributed by atoms with Crippen LogP contribution in [0.15, 0.2) is 30.7 Å². The number of rotatable bonds is 7. The van der Waals surface area contributed by atoms with Crippen LogP contribution in [0.4, 0.5) is 14.6 Å². The van der Waals surface area contributed by atoms with Gasteiger partial charge in [-0.3, -0.25) is 14.8 Å². The number of nitriles is 1. The minimum Gasteiger partial charge on any atom is -0.351 e. The number of anilines is 1. The SMILES string of the molecule is C=C(F)C(=O)N1CC[C@H](n2nnc3c(N4CC(C)(N(C)CC)C4)nc4c(F)c(-c5c(C)c(C)cc6[nH]ncc56)c(C)cc4c32)C[C@H]1CC#N. The molecule has 0 aliphatic carbocycles. The number of nitrogens with one attached hydrogen (secondary N) is 1. The van der Waals surface area contributed by atoms with Gasteiger partial charge in [-0.1, -0.05) is 18.7 Å². The van der Waals surface area contributed by atoms with Gasteiger partial charge in [0.25, 0.3) is 5.91 Å². The molecule has 2 aliphatic rings. The number of carbonyl (C=O) groups is 1. The molecule has 254 valence electrons. The van der Waals surface area contributed by atoms with E-state index in [1.165, 1.54) is 4.90 Å². The Hall–Kier alpha value is -4.96. The fourth-order valence-electron chi connectivity index (χ4n) is 7.87. The summed E-state index contributed by atoms with van der Waals surface area (Å²) >= 11 is 0. The summed E-state index contributed by atoms with van der Waals surface area (Å²) < 4.78 is 33.1. The minimum atomic E-state index is -1.05. The molecule has 0 radical (unpaired) electrons. The summed E-state index contributed by atoms with van der Waals surface area (Å²) in [6, 6.07) is 5.31. The topological polar surface area (TPSA) is 123 Å². The predicted octanol–water partition coefficient (Wildman–Crippen LogP) is 6.05. The molecule has 0 bridgehead atoms. The fraction of sp³-hybridized carbons (Fsp3) is 0.444. The summed E-state index contributed by atoms with van der Waals surface area (Å²) in [5.74, 6) is -1.72. The van der Waals surface area contributed by atoms with Gasteiger partial charge in [0.05, 0.1) is 35.8 Å². The van der Waals surface area contributed by atoms with Crippen molar-refractivity contribution < 1.29 is 13.6 Å². The summed E-state index contributed by atoms with van der Waals surface area (Å²) in [6.07, 6.45) is 2.57. The number of piperidine rings is 1. The second-order valence-corrected chi connectivity index (χ2v) is 13.9. The van der Waals surface area contributed by atoms with E-state index in [0.29, 0.717) is 53.7 Å². The Labute approximate surface area is 283 Å². The molecule has 13 heteroatoms. The fourth-order valence-corrected chi connectivity index (χ4v) is 7.87. The van der Waals surface area contributed by atoms with Crippen molar-refractivity contribution in [2.45, 2.75) is 71.5 Å². The third-order valence-corrected chi connectivity index (χ3v) is 10.9. The summed E-state index contributed by atoms with van der Waals surface area (Å²) in [7, 11) is 2.10. The van der Waals surface area contributed by atoms with Gasteiger partial charge in [0.2, 0.25) is 0 Å². The van der Waals surface area contributed by atoms with Crippen LogP contribution >= 0.6 is 0 Å². The van der Waals surface area contributed by atoms with E-state index in [1.807, 2.05) is 32.9 Å². The number of fused-ring (bicyclic) bond motifs is 4. The molecular weight excluding hydrogens is 626 g/mol. The highest BCUT2D eigenvalue weighted by atomic mass is 19.1. The van der Waals surface area contributed by atoms with Crippen LogP contribution in [-0.2, 0) is 4.79 Å². The largest absolute Gasteiger partial charge is 0.351 e. The van der Waals surface area contributed by atoms with Gasteiger partial charge in [-0.15, -0.1) is 5.10 Å². The Morgan fingerprint density at radius 1 is 1.18 bits per heavy atom. The monoisotopic (exact) mass is 666 g/mol. The lowest BCUT2D eigenvalue weighted by Gasteiger charge is -2.53. The van der Waals surface area contributed by atoms with E-state index in [9.17, 15) is 14.4 Å². The molecule has 2 saturated heterocycles. The van der Waals surface area contributed by atoms with Gasteiger partial charge in [0.1, 0.15) is 11.0 Å². The second-order valence-electron chi connectivity index (χ2n) is 13.9. The van der Waals surface area contributed by atoms with Gasteiger partial charge in [-0.25, -0.2) is 18.4 Å². The van der Waals surface area contributed by atoms with E-state index in [2.05, 4.69) is 63.9 Å². The molecule has 49 heavy (non-hydrogen) atoms. The maximum absolute atomic E-state index is 17.4. The van der Waals surface area contributed by atoms with E-state index < -0.39 is 23.6 Å². The Morgan fingerprint density at radius 3 is 2.63 bits per heavy atom. The normalized spacial score (nSPS) is 19.2. The Bertz CT molecular complexity index is 2210. The average Bonchev–Trinajstić information content (AvgIpc) is 3.72. The van der Waals surface area contributed by atoms with Crippen molar-refractivity contribution in [2.24, 2.45) is 0 Å². The quantitative estimate of drug-likeness (QED) is 0.209. The lowest BCUT2D eigenvalue weighted by Crippen LogP contribution is -2.68. The molecular formula is C36H40F2N10O. The molecule has 1 N–H and O–H groups in total. The Morgan fingerprint density at radius 2 is 1.94 bits per heavy atom. The van der Waals surface area contributed by atoms with Crippen molar-refractivity contribution in [1.82, 2.24) is 40.0 Å². The number of carbonyl (C=O) groups excluding carboxylic acids is 1. The van der Waals surface area contributed by atoms with E-state index in [4.69, 9.17) is 4.98 Å². The number of hydrogen-bond acceptors (Lipinski definition) is 8. The first-order valence-corrected chi connectivity index (χ1v) is 16.7. The van der Waals surface area contributed by atoms with Gasteiger partial charge in [0, 0.05) is 42.0 Å². The molecule has 5 aromatic rings. The zero-order valence-corrected chi connectivity index (χ0v) is 28.7. The second kappa shape index (κ2) is 11.9. The molecule has 11 nitrogen and oxygen atoms in total. The number of pyridine rings is 1. The number of likely N-dealkylation sites (N-methyl/N-ethyl adjacent to an activating group) is 1. The summed E-state index contributed by atoms with van der Waals surface area (Å²) in [5.41, 5.74) is 6.15. The van der Waals surface area contributed by atoms with Crippen molar-refractivity contribution in [1.29, 1.82) is 5.26 Å². The standard InChI is InChI=1S/C36H40F2N10O/c1-8-45(7)36(6)17-46(18-36)34-32-33(48(44-43-32)24-10-12-47(35(49)22(5)37)23(15-24)9-11-39)25-13-20(3)28(30(38)31(25)41-34)29-21(4)19(2)14-27-26(29)16-40-42-27/h13-14,16,23-24H,5,8-10,12,15,17-18H2,1-4,6-7H3,(H,40,42)/t23-,24+/m1/s1. The molecule has 0 saturated carbocycles. The molecule has 2 aliphatic heterocycles. The van der Waals surface area contributed by atoms with Crippen LogP contribution in [0.3, 0.4) is 0 Å². The van der Waals surface area contributed by atoms with Crippen LogP contribution < -0.4 is 4.90 Å². The number of H-pyrrole nitrogens is 1. The molecule has 0 spiro atoms. The predicted molar refractivity (Wildman–Crippen MR) is 185 cm³/mol. The van der Waals surface area contributed by atoms with E-state index >= 15 is 4.39 Å². The zero-order valence-electron chi connectivity index (χ0n) is 28.7. The first-order valence-electron chi connectivity index (χ1n) is 16.7. The third kappa shape index (κ3) is 5.03. The van der Waals surface area contributed by atoms with E-state index in [1.54, 1.807) is 10.9 Å². The number of aromatic amines is 1. The molecule has 2 fully saturated rings. The lowest BCUT2D eigenvalue weighted by molar-refractivity contribution is -0.132. The first kappa shape index (κ1) is 32.6. The Balaban J connectivity index is 1.44. The van der Waals surface area contributed by atoms with Crippen molar-refractivity contribution in [3.63, 3.8) is 0 Å². The number of halogens is 2. The van der Waals surface area contributed by atoms with Crippen molar-refractivity contribution in [3.05, 3.63) is 53.2 Å². The van der Waals surface area contributed by atoms with Crippen LogP contribution in [0.25, 0.3) is 44.0 Å². The number of nitrogens with zero attached hydrogens (tertiary/aromatic N) is 9. The van der Waals surface area contributed by atoms with Gasteiger partial charge in [0.15, 0.2) is 23.0 Å². The highest BCUT2D eigenvalue weighted by Crippen LogP contribution is 2.44. The summed E-state index contributed by atoms with van der Waals surface area (Å²) in [6.45, 7) is 15.9. The number of amides is 1. The summed E-state index contributed by atoms with van der Waals surface area (Å²) in [4.78, 5) is 23.5. The van der Waals surface area contributed by atoms with Crippen LogP contribution in [0.1, 0.15) is 55.8 Å². The number of benzene rings is 2. The van der Waals surface area contributed by atoms with Crippen LogP contribution in [0.2, 0.25) is 0 Å². The zero-order chi connectivity index (χ0) is 34.9. The maximum Gasteiger partial charge on any atom is 0.282 e. The van der Waals surface area contributed by atoms with Gasteiger partial charge in [-0.2, -0.15) is 10.4 Å². The van der Waals surface area contributed by atoms with Crippen LogP contribution in [-0.4, -0.2) is 90.7 Å². The van der Waals surface area contributed by atoms with Gasteiger partial charge in [-0.05, 0) is 88.5 Å². The molecule has 7 rings (SSSR count). The van der Waals surface area contributed by atoms with Crippen LogP contribution in [0.5, 0.6) is 0 Å². The highest BCUT2D eigenvalue weighted by Gasteiger charge is 2.44. The van der Waals surface area contributed by atoms with Gasteiger partial charge < -0.3 is 9.80 Å². The molecule has 0 unspecified atom stereocenters. The third-order valence-electron chi connectivity index (χ3n) is 10.9. The number of aryl methyl sites for hydroxylation is 2. The molecule has 1 amide bonds. The first-order chi connectivity index (χ1) is 23.4. The van der Waals surface area contributed by atoms with Crippen molar-refractivity contribution in [3.8, 4) is 17.2 Å². The number of hydrogen-bond donors (Lipinski definition) is 1. The highest BCUT2D eigenvalue weighted by molar-refractivity contribution is 6.10. The number of aromatic nitrogens is 6. The van der Waals surface area contributed by atoms with E-state index in [0.717, 1.165) is 39.7 Å². The van der Waals surface area contributed by atoms with Crippen molar-refractivity contribution >= 4 is 44.6 Å². The molecule has 2 atom stereocenters. The van der Waals surface area contributed by atoms with E-state index in [-0.39, 0.29) is 30.1 Å². The smallest absolute Gasteiger partial charge is 0.282 e. The lowest BCUT2D eigenvalue weighted by atomic mass is 9.89. The van der Waals surface area contributed by atoms with Crippen LogP contribution in [0, 0.1) is 37.9 Å².